The molecule has 0 N–H and O–H groups in total. The quantitative estimate of drug-likeness (QED) is 0.750. The summed E-state index contributed by atoms with van der Waals surface area (Å²) >= 11 is 0. The zero-order chi connectivity index (χ0) is 15.7. The molecule has 0 amide bonds. The Morgan fingerprint density at radius 3 is 2.19 bits per heavy atom. The summed E-state index contributed by atoms with van der Waals surface area (Å²) in [5.41, 5.74) is -2.91. The molecule has 0 bridgehead atoms. The Kier molecular flexibility index (Phi) is 3.80. The normalized spacial score (nSPS) is 12.3. The van der Waals surface area contributed by atoms with Crippen molar-refractivity contribution in [2.24, 2.45) is 0 Å². The van der Waals surface area contributed by atoms with E-state index in [2.05, 4.69) is 11.2 Å². The second-order valence-electron chi connectivity index (χ2n) is 3.93. The first-order valence-corrected chi connectivity index (χ1v) is 5.46. The monoisotopic (exact) mass is 306 g/mol. The van der Waals surface area contributed by atoms with Crippen LogP contribution in [0.1, 0.15) is 11.1 Å². The maximum atomic E-state index is 12.9. The topological polar surface area (TPSA) is 22.1 Å². The molecule has 0 aliphatic heterocycles. The van der Waals surface area contributed by atoms with Gasteiger partial charge in [-0.1, -0.05) is 0 Å². The smallest absolute Gasteiger partial charge is 0.420 e. The van der Waals surface area contributed by atoms with Crippen LogP contribution >= 0.6 is 0 Å². The average molecular weight is 306 g/mol. The van der Waals surface area contributed by atoms with Crippen LogP contribution in [0.4, 0.5) is 26.3 Å². The number of nitrogens with zero attached hydrogens (tertiary/aromatic N) is 1. The van der Waals surface area contributed by atoms with Gasteiger partial charge in [0.05, 0.1) is 23.5 Å². The molecule has 8 heteroatoms. The number of halogens is 6. The van der Waals surface area contributed by atoms with E-state index in [9.17, 15) is 26.3 Å². The van der Waals surface area contributed by atoms with Crippen molar-refractivity contribution >= 4 is 0 Å². The van der Waals surface area contributed by atoms with E-state index >= 15 is 0 Å². The van der Waals surface area contributed by atoms with Gasteiger partial charge in [-0.25, -0.2) is 0 Å². The Hall–Kier alpha value is -2.25. The van der Waals surface area contributed by atoms with Gasteiger partial charge in [0.1, 0.15) is 11.5 Å². The number of rotatable bonds is 2. The summed E-state index contributed by atoms with van der Waals surface area (Å²) in [6.07, 6.45) is -6.37. The molecule has 1 radical (unpaired) electrons. The summed E-state index contributed by atoms with van der Waals surface area (Å²) in [6.45, 7) is 0. The average Bonchev–Trinajstić information content (AvgIpc) is 2.38. The number of alkyl halides is 6. The first-order valence-electron chi connectivity index (χ1n) is 5.46. The summed E-state index contributed by atoms with van der Waals surface area (Å²) in [4.78, 5) is 3.52. The minimum atomic E-state index is -4.98. The summed E-state index contributed by atoms with van der Waals surface area (Å²) in [6, 6.07) is 3.74. The highest BCUT2D eigenvalue weighted by atomic mass is 19.4. The largest absolute Gasteiger partial charge is 0.455 e. The molecule has 0 fully saturated rings. The third kappa shape index (κ3) is 3.65. The van der Waals surface area contributed by atoms with E-state index in [0.29, 0.717) is 12.1 Å². The second kappa shape index (κ2) is 5.27. The highest BCUT2D eigenvalue weighted by molar-refractivity contribution is 5.42. The van der Waals surface area contributed by atoms with Gasteiger partial charge in [-0.15, -0.1) is 0 Å². The molecule has 0 unspecified atom stereocenters. The molecular formula is C13H6F6NO. The van der Waals surface area contributed by atoms with Crippen molar-refractivity contribution in [2.75, 3.05) is 0 Å². The SMILES string of the molecule is FC(F)(F)c1ccc(Oc2cc[c]nc2)c(C(F)(F)F)c1. The van der Waals surface area contributed by atoms with Crippen molar-refractivity contribution < 1.29 is 31.1 Å². The lowest BCUT2D eigenvalue weighted by molar-refractivity contribution is -0.143. The fourth-order valence-corrected chi connectivity index (χ4v) is 1.51. The number of aromatic nitrogens is 1. The molecule has 21 heavy (non-hydrogen) atoms. The lowest BCUT2D eigenvalue weighted by atomic mass is 10.1. The Balaban J connectivity index is 2.46. The molecule has 0 saturated carbocycles. The van der Waals surface area contributed by atoms with E-state index in [4.69, 9.17) is 4.74 Å². The molecule has 0 atom stereocenters. The zero-order valence-electron chi connectivity index (χ0n) is 10.1. The Morgan fingerprint density at radius 1 is 0.952 bits per heavy atom. The number of pyridine rings is 1. The van der Waals surface area contributed by atoms with Crippen molar-refractivity contribution in [3.8, 4) is 11.5 Å². The fourth-order valence-electron chi connectivity index (χ4n) is 1.51. The zero-order valence-corrected chi connectivity index (χ0v) is 10.1. The highest BCUT2D eigenvalue weighted by Crippen LogP contribution is 2.41. The predicted octanol–water partition coefficient (Wildman–Crippen LogP) is 4.71. The van der Waals surface area contributed by atoms with Crippen molar-refractivity contribution in [3.63, 3.8) is 0 Å². The van der Waals surface area contributed by atoms with E-state index in [1.165, 1.54) is 12.1 Å². The number of hydrogen-bond acceptors (Lipinski definition) is 2. The maximum Gasteiger partial charge on any atom is 0.420 e. The predicted molar refractivity (Wildman–Crippen MR) is 59.6 cm³/mol. The molecule has 1 aromatic heterocycles. The fraction of sp³-hybridized carbons (Fsp3) is 0.154. The van der Waals surface area contributed by atoms with Gasteiger partial charge in [-0.3, -0.25) is 4.98 Å². The van der Waals surface area contributed by atoms with Gasteiger partial charge < -0.3 is 4.74 Å². The minimum Gasteiger partial charge on any atom is -0.455 e. The standard InChI is InChI=1S/C13H6F6NO/c14-12(15,16)8-3-4-11(10(6-8)13(17,18)19)21-9-2-1-5-20-7-9/h1-4,6-7H. The summed E-state index contributed by atoms with van der Waals surface area (Å²) < 4.78 is 81.0. The summed E-state index contributed by atoms with van der Waals surface area (Å²) in [5, 5.41) is 0. The number of benzene rings is 1. The number of ether oxygens (including phenoxy) is 1. The molecule has 0 spiro atoms. The molecule has 111 valence electrons. The molecule has 0 aliphatic rings. The second-order valence-corrected chi connectivity index (χ2v) is 3.93. The van der Waals surface area contributed by atoms with Crippen molar-refractivity contribution in [1.29, 1.82) is 0 Å². The van der Waals surface area contributed by atoms with Crippen LogP contribution in [-0.4, -0.2) is 4.98 Å². The van der Waals surface area contributed by atoms with E-state index < -0.39 is 29.2 Å². The van der Waals surface area contributed by atoms with Crippen LogP contribution in [0.2, 0.25) is 0 Å². The Labute approximate surface area is 115 Å². The number of hydrogen-bond donors (Lipinski definition) is 0. The van der Waals surface area contributed by atoms with Crippen molar-refractivity contribution in [2.45, 2.75) is 12.4 Å². The van der Waals surface area contributed by atoms with E-state index in [1.807, 2.05) is 0 Å². The van der Waals surface area contributed by atoms with Gasteiger partial charge in [0.2, 0.25) is 0 Å². The van der Waals surface area contributed by atoms with Crippen LogP contribution in [0.25, 0.3) is 0 Å². The van der Waals surface area contributed by atoms with Crippen molar-refractivity contribution in [1.82, 2.24) is 4.98 Å². The van der Waals surface area contributed by atoms with Gasteiger partial charge in [0, 0.05) is 0 Å². The summed E-state index contributed by atoms with van der Waals surface area (Å²) in [7, 11) is 0. The summed E-state index contributed by atoms with van der Waals surface area (Å²) in [5.74, 6) is -0.775. The highest BCUT2D eigenvalue weighted by Gasteiger charge is 2.39. The van der Waals surface area contributed by atoms with Crippen LogP contribution in [0.5, 0.6) is 11.5 Å². The van der Waals surface area contributed by atoms with Gasteiger partial charge in [0.15, 0.2) is 0 Å². The third-order valence-corrected chi connectivity index (χ3v) is 2.43. The Bertz CT molecular complexity index is 621. The van der Waals surface area contributed by atoms with Crippen LogP contribution in [0, 0.1) is 6.20 Å². The van der Waals surface area contributed by atoms with Gasteiger partial charge in [-0.2, -0.15) is 26.3 Å². The van der Waals surface area contributed by atoms with Gasteiger partial charge in [-0.05, 0) is 30.3 Å². The molecule has 2 rings (SSSR count). The third-order valence-electron chi connectivity index (χ3n) is 2.43. The van der Waals surface area contributed by atoms with E-state index in [1.54, 1.807) is 0 Å². The lowest BCUT2D eigenvalue weighted by Crippen LogP contribution is -2.11. The molecule has 1 aromatic carbocycles. The minimum absolute atomic E-state index is 0.0117. The maximum absolute atomic E-state index is 12.9. The van der Waals surface area contributed by atoms with Crippen LogP contribution in [-0.2, 0) is 12.4 Å². The van der Waals surface area contributed by atoms with Gasteiger partial charge >= 0.3 is 12.4 Å². The molecule has 2 nitrogen and oxygen atoms in total. The first-order chi connectivity index (χ1) is 9.68. The van der Waals surface area contributed by atoms with Crippen LogP contribution in [0.3, 0.4) is 0 Å². The van der Waals surface area contributed by atoms with Crippen LogP contribution < -0.4 is 4.74 Å². The van der Waals surface area contributed by atoms with Gasteiger partial charge in [0.25, 0.3) is 0 Å². The molecular weight excluding hydrogens is 300 g/mol. The van der Waals surface area contributed by atoms with Crippen molar-refractivity contribution in [3.05, 3.63) is 53.9 Å². The molecule has 1 heterocycles. The van der Waals surface area contributed by atoms with Crippen LogP contribution in [0.15, 0.2) is 36.5 Å². The molecule has 0 saturated heterocycles. The van der Waals surface area contributed by atoms with E-state index in [-0.39, 0.29) is 11.8 Å². The molecule has 0 aliphatic carbocycles. The first kappa shape index (κ1) is 15.1. The Morgan fingerprint density at radius 2 is 1.67 bits per heavy atom. The van der Waals surface area contributed by atoms with E-state index in [0.717, 1.165) is 6.20 Å². The molecule has 2 aromatic rings. The lowest BCUT2D eigenvalue weighted by Gasteiger charge is -2.16.